The third-order valence-corrected chi connectivity index (χ3v) is 9.25. The third-order valence-electron chi connectivity index (χ3n) is 6.30. The van der Waals surface area contributed by atoms with Crippen LogP contribution in [0.1, 0.15) is 31.1 Å². The molecule has 1 saturated heterocycles. The predicted molar refractivity (Wildman–Crippen MR) is 154 cm³/mol. The van der Waals surface area contributed by atoms with E-state index in [0.29, 0.717) is 15.9 Å². The predicted octanol–water partition coefficient (Wildman–Crippen LogP) is 2.43. The third kappa shape index (κ3) is 7.03. The summed E-state index contributed by atoms with van der Waals surface area (Å²) < 4.78 is 39.9. The van der Waals surface area contributed by atoms with Crippen molar-refractivity contribution in [2.75, 3.05) is 44.7 Å². The van der Waals surface area contributed by atoms with Crippen molar-refractivity contribution in [2.45, 2.75) is 32.2 Å². The normalized spacial score (nSPS) is 14.5. The van der Waals surface area contributed by atoms with Gasteiger partial charge >= 0.3 is 12.1 Å². The van der Waals surface area contributed by atoms with Crippen LogP contribution in [-0.4, -0.2) is 85.5 Å². The van der Waals surface area contributed by atoms with Gasteiger partial charge in [0.1, 0.15) is 6.54 Å². The molecule has 2 heterocycles. The van der Waals surface area contributed by atoms with Crippen LogP contribution in [0, 0.1) is 0 Å². The molecule has 3 amide bonds. The van der Waals surface area contributed by atoms with Crippen LogP contribution in [0.25, 0.3) is 10.2 Å². The Kier molecular flexibility index (Phi) is 9.75. The molecule has 0 radical (unpaired) electrons. The van der Waals surface area contributed by atoms with E-state index in [1.54, 1.807) is 36.6 Å². The lowest BCUT2D eigenvalue weighted by atomic mass is 10.2. The fourth-order valence-electron chi connectivity index (χ4n) is 4.32. The lowest BCUT2D eigenvalue weighted by molar-refractivity contribution is -0.143. The molecule has 0 saturated carbocycles. The Hall–Kier alpha value is -4.08. The van der Waals surface area contributed by atoms with Gasteiger partial charge in [-0.3, -0.25) is 14.4 Å². The number of carbonyl (C=O) groups excluding carboxylic acids is 4. The monoisotopic (exact) mass is 617 g/mol. The zero-order valence-corrected chi connectivity index (χ0v) is 25.0. The van der Waals surface area contributed by atoms with Crippen LogP contribution in [-0.2, 0) is 35.6 Å². The number of aromatic nitrogens is 1. The van der Waals surface area contributed by atoms with Gasteiger partial charge in [0.05, 0.1) is 28.3 Å². The van der Waals surface area contributed by atoms with Gasteiger partial charge in [0.15, 0.2) is 4.80 Å². The van der Waals surface area contributed by atoms with Crippen molar-refractivity contribution in [1.82, 2.24) is 13.8 Å². The van der Waals surface area contributed by atoms with E-state index in [1.807, 2.05) is 0 Å². The molecule has 0 atom stereocenters. The zero-order chi connectivity index (χ0) is 30.4. The van der Waals surface area contributed by atoms with Crippen molar-refractivity contribution in [3.8, 4) is 0 Å². The average Bonchev–Trinajstić information content (AvgIpc) is 3.28. The van der Waals surface area contributed by atoms with E-state index in [2.05, 4.69) is 10.3 Å². The summed E-state index contributed by atoms with van der Waals surface area (Å²) in [6, 6.07) is 10.6. The Labute approximate surface area is 246 Å². The van der Waals surface area contributed by atoms with Gasteiger partial charge in [0, 0.05) is 44.4 Å². The van der Waals surface area contributed by atoms with E-state index in [4.69, 9.17) is 9.47 Å². The maximum atomic E-state index is 13.2. The van der Waals surface area contributed by atoms with Crippen molar-refractivity contribution < 1.29 is 37.1 Å². The molecule has 0 spiro atoms. The number of piperazine rings is 1. The van der Waals surface area contributed by atoms with Gasteiger partial charge in [-0.1, -0.05) is 11.3 Å². The van der Waals surface area contributed by atoms with E-state index in [1.165, 1.54) is 40.4 Å². The largest absolute Gasteiger partial charge is 0.465 e. The minimum atomic E-state index is -3.85. The number of anilines is 1. The molecule has 0 aliphatic carbocycles. The number of benzene rings is 2. The van der Waals surface area contributed by atoms with Crippen LogP contribution < -0.4 is 10.1 Å². The molecule has 15 heteroatoms. The Morgan fingerprint density at radius 1 is 0.952 bits per heavy atom. The van der Waals surface area contributed by atoms with Crippen molar-refractivity contribution in [3.05, 3.63) is 52.8 Å². The van der Waals surface area contributed by atoms with Crippen LogP contribution in [0.3, 0.4) is 0 Å². The smallest absolute Gasteiger partial charge is 0.409 e. The highest BCUT2D eigenvalue weighted by atomic mass is 32.2. The van der Waals surface area contributed by atoms with Gasteiger partial charge in [0.2, 0.25) is 15.9 Å². The molecule has 3 aromatic rings. The number of nitrogens with one attached hydrogen (secondary N) is 1. The first-order valence-corrected chi connectivity index (χ1v) is 15.5. The van der Waals surface area contributed by atoms with Gasteiger partial charge in [-0.05, 0) is 56.3 Å². The molecule has 42 heavy (non-hydrogen) atoms. The van der Waals surface area contributed by atoms with E-state index in [-0.39, 0.29) is 67.1 Å². The summed E-state index contributed by atoms with van der Waals surface area (Å²) in [4.78, 5) is 54.8. The molecule has 0 unspecified atom stereocenters. The molecule has 1 fully saturated rings. The summed E-state index contributed by atoms with van der Waals surface area (Å²) in [5, 5.41) is 2.70. The molecular formula is C27H31N5O8S2. The average molecular weight is 618 g/mol. The standard InChI is InChI=1S/C27H31N5O8S2/c1-4-39-24(34)17-32-22-11-8-20(28-18(3)33)16-23(22)41-26(32)29-25(35)19-6-9-21(10-7-19)42(37,38)31-14-12-30(13-15-31)27(36)40-5-2/h6-11,16H,4-5,12-15,17H2,1-3H3,(H,28,33). The van der Waals surface area contributed by atoms with E-state index >= 15 is 0 Å². The van der Waals surface area contributed by atoms with Crippen LogP contribution in [0.4, 0.5) is 10.5 Å². The summed E-state index contributed by atoms with van der Waals surface area (Å²) in [6.07, 6.45) is -0.475. The molecule has 13 nitrogen and oxygen atoms in total. The Balaban J connectivity index is 1.58. The number of thiazole rings is 1. The first-order valence-electron chi connectivity index (χ1n) is 13.2. The molecule has 224 valence electrons. The highest BCUT2D eigenvalue weighted by Gasteiger charge is 2.30. The molecule has 1 aliphatic heterocycles. The van der Waals surface area contributed by atoms with Crippen molar-refractivity contribution in [3.63, 3.8) is 0 Å². The second-order valence-electron chi connectivity index (χ2n) is 9.17. The van der Waals surface area contributed by atoms with Crippen molar-refractivity contribution in [2.24, 2.45) is 4.99 Å². The van der Waals surface area contributed by atoms with Crippen molar-refractivity contribution >= 4 is 61.1 Å². The van der Waals surface area contributed by atoms with Gasteiger partial charge < -0.3 is 24.3 Å². The number of hydrogen-bond acceptors (Lipinski definition) is 9. The molecule has 1 N–H and O–H groups in total. The number of esters is 1. The maximum Gasteiger partial charge on any atom is 0.409 e. The van der Waals surface area contributed by atoms with Crippen LogP contribution in [0.2, 0.25) is 0 Å². The Bertz CT molecular complexity index is 1670. The van der Waals surface area contributed by atoms with Gasteiger partial charge in [0.25, 0.3) is 5.91 Å². The number of ether oxygens (including phenoxy) is 2. The number of fused-ring (bicyclic) bond motifs is 1. The van der Waals surface area contributed by atoms with Crippen LogP contribution in [0.15, 0.2) is 52.4 Å². The molecule has 0 bridgehead atoms. The van der Waals surface area contributed by atoms with E-state index < -0.39 is 28.0 Å². The number of sulfonamides is 1. The molecule has 2 aromatic carbocycles. The Morgan fingerprint density at radius 2 is 1.62 bits per heavy atom. The minimum Gasteiger partial charge on any atom is -0.465 e. The lowest BCUT2D eigenvalue weighted by Gasteiger charge is -2.33. The number of rotatable bonds is 8. The molecule has 4 rings (SSSR count). The molecule has 1 aliphatic rings. The van der Waals surface area contributed by atoms with Gasteiger partial charge in [-0.2, -0.15) is 9.30 Å². The van der Waals surface area contributed by atoms with E-state index in [0.717, 1.165) is 11.3 Å². The summed E-state index contributed by atoms with van der Waals surface area (Å²) in [7, 11) is -3.85. The number of nitrogens with zero attached hydrogens (tertiary/aromatic N) is 4. The quantitative estimate of drug-likeness (QED) is 0.378. The number of carbonyl (C=O) groups is 4. The second kappa shape index (κ2) is 13.3. The summed E-state index contributed by atoms with van der Waals surface area (Å²) in [5.74, 6) is -1.38. The Morgan fingerprint density at radius 3 is 2.24 bits per heavy atom. The topological polar surface area (TPSA) is 157 Å². The second-order valence-corrected chi connectivity index (χ2v) is 12.1. The van der Waals surface area contributed by atoms with Gasteiger partial charge in [-0.25, -0.2) is 13.2 Å². The fraction of sp³-hybridized carbons (Fsp3) is 0.370. The summed E-state index contributed by atoms with van der Waals surface area (Å²) in [6.45, 7) is 5.69. The maximum absolute atomic E-state index is 13.2. The number of amides is 3. The fourth-order valence-corrected chi connectivity index (χ4v) is 6.81. The molecular weight excluding hydrogens is 586 g/mol. The van der Waals surface area contributed by atoms with Gasteiger partial charge in [-0.15, -0.1) is 0 Å². The highest BCUT2D eigenvalue weighted by Crippen LogP contribution is 2.23. The summed E-state index contributed by atoms with van der Waals surface area (Å²) >= 11 is 1.16. The minimum absolute atomic E-state index is 0.00775. The first kappa shape index (κ1) is 30.9. The van der Waals surface area contributed by atoms with Crippen LogP contribution in [0.5, 0.6) is 0 Å². The lowest BCUT2D eigenvalue weighted by Crippen LogP contribution is -2.50. The highest BCUT2D eigenvalue weighted by molar-refractivity contribution is 7.89. The van der Waals surface area contributed by atoms with E-state index in [9.17, 15) is 27.6 Å². The first-order chi connectivity index (χ1) is 20.0. The molecule has 1 aromatic heterocycles. The summed E-state index contributed by atoms with van der Waals surface area (Å²) in [5.41, 5.74) is 1.33. The number of hydrogen-bond donors (Lipinski definition) is 1. The zero-order valence-electron chi connectivity index (χ0n) is 23.4. The SMILES string of the molecule is CCOC(=O)Cn1c(=NC(=O)c2ccc(S(=O)(=O)N3CCN(C(=O)OCC)CC3)cc2)sc2cc(NC(C)=O)ccc21. The van der Waals surface area contributed by atoms with Crippen molar-refractivity contribution in [1.29, 1.82) is 0 Å². The van der Waals surface area contributed by atoms with Crippen LogP contribution >= 0.6 is 11.3 Å².